The number of hydrogen-bond donors (Lipinski definition) is 2. The summed E-state index contributed by atoms with van der Waals surface area (Å²) in [6, 6.07) is 7.96. The average molecular weight is 420 g/mol. The fraction of sp³-hybridized carbons (Fsp3) is 0.214. The number of ether oxygens (including phenoxy) is 1. The van der Waals surface area contributed by atoms with Gasteiger partial charge in [-0.05, 0) is 46.6 Å². The van der Waals surface area contributed by atoms with Crippen LogP contribution in [-0.2, 0) is 16.3 Å². The van der Waals surface area contributed by atoms with E-state index in [1.165, 1.54) is 19.2 Å². The SMILES string of the molecule is COc1cccc(S(=O)(=O)c2sc(CCNC(=O)O)cc2Br)c1. The third kappa shape index (κ3) is 4.24. The van der Waals surface area contributed by atoms with Crippen LogP contribution in [0.5, 0.6) is 5.75 Å². The number of carbonyl (C=O) groups is 1. The van der Waals surface area contributed by atoms with Crippen LogP contribution in [0.1, 0.15) is 4.88 Å². The molecule has 2 rings (SSSR count). The Balaban J connectivity index is 2.29. The van der Waals surface area contributed by atoms with Gasteiger partial charge in [-0.15, -0.1) is 11.3 Å². The molecule has 0 unspecified atom stereocenters. The zero-order chi connectivity index (χ0) is 17.0. The molecule has 0 fully saturated rings. The minimum absolute atomic E-state index is 0.148. The Morgan fingerprint density at radius 1 is 1.39 bits per heavy atom. The fourth-order valence-electron chi connectivity index (χ4n) is 1.87. The molecular formula is C14H14BrNO5S2. The van der Waals surface area contributed by atoms with Crippen LogP contribution in [0.3, 0.4) is 0 Å². The number of thiophene rings is 1. The van der Waals surface area contributed by atoms with Crippen LogP contribution < -0.4 is 10.1 Å². The highest BCUT2D eigenvalue weighted by Crippen LogP contribution is 2.36. The molecule has 0 saturated carbocycles. The number of benzene rings is 1. The largest absolute Gasteiger partial charge is 0.497 e. The first-order valence-electron chi connectivity index (χ1n) is 6.48. The van der Waals surface area contributed by atoms with Crippen molar-refractivity contribution in [3.63, 3.8) is 0 Å². The number of hydrogen-bond acceptors (Lipinski definition) is 5. The van der Waals surface area contributed by atoms with E-state index in [4.69, 9.17) is 9.84 Å². The van der Waals surface area contributed by atoms with Crippen LogP contribution in [0.4, 0.5) is 4.79 Å². The molecule has 2 aromatic rings. The van der Waals surface area contributed by atoms with Gasteiger partial charge >= 0.3 is 6.09 Å². The lowest BCUT2D eigenvalue weighted by Crippen LogP contribution is -2.22. The Labute approximate surface area is 146 Å². The van der Waals surface area contributed by atoms with E-state index in [1.807, 2.05) is 0 Å². The van der Waals surface area contributed by atoms with E-state index in [-0.39, 0.29) is 15.6 Å². The zero-order valence-electron chi connectivity index (χ0n) is 12.1. The molecule has 0 saturated heterocycles. The van der Waals surface area contributed by atoms with E-state index < -0.39 is 15.9 Å². The first kappa shape index (κ1) is 17.8. The van der Waals surface area contributed by atoms with Crippen LogP contribution in [0.15, 0.2) is 43.9 Å². The van der Waals surface area contributed by atoms with Crippen molar-refractivity contribution in [1.29, 1.82) is 0 Å². The second-order valence-electron chi connectivity index (χ2n) is 4.51. The number of halogens is 1. The van der Waals surface area contributed by atoms with Crippen LogP contribution in [0, 0.1) is 0 Å². The van der Waals surface area contributed by atoms with Crippen LogP contribution in [-0.4, -0.2) is 33.3 Å². The summed E-state index contributed by atoms with van der Waals surface area (Å²) in [5.74, 6) is 0.463. The number of sulfone groups is 1. The second-order valence-corrected chi connectivity index (χ2v) is 8.65. The summed E-state index contributed by atoms with van der Waals surface area (Å²) in [5.41, 5.74) is 0. The predicted molar refractivity (Wildman–Crippen MR) is 90.2 cm³/mol. The molecule has 1 aromatic carbocycles. The monoisotopic (exact) mass is 419 g/mol. The Kier molecular flexibility index (Phi) is 5.66. The minimum atomic E-state index is -3.67. The number of methoxy groups -OCH3 is 1. The van der Waals surface area contributed by atoms with Gasteiger partial charge in [-0.3, -0.25) is 0 Å². The summed E-state index contributed by atoms with van der Waals surface area (Å²) in [4.78, 5) is 11.4. The van der Waals surface area contributed by atoms with E-state index in [0.29, 0.717) is 16.6 Å². The van der Waals surface area contributed by atoms with Gasteiger partial charge in [0.1, 0.15) is 9.96 Å². The van der Waals surface area contributed by atoms with Crippen LogP contribution >= 0.6 is 27.3 Å². The van der Waals surface area contributed by atoms with Crippen molar-refractivity contribution in [2.24, 2.45) is 0 Å². The Bertz CT molecular complexity index is 816. The number of rotatable bonds is 6. The van der Waals surface area contributed by atoms with Gasteiger partial charge in [0.15, 0.2) is 0 Å². The quantitative estimate of drug-likeness (QED) is 0.749. The normalized spacial score (nSPS) is 11.2. The molecule has 2 N–H and O–H groups in total. The Morgan fingerprint density at radius 2 is 2.13 bits per heavy atom. The topological polar surface area (TPSA) is 92.7 Å². The third-order valence-corrected chi connectivity index (χ3v) is 7.58. The van der Waals surface area contributed by atoms with Crippen molar-refractivity contribution in [2.45, 2.75) is 15.5 Å². The van der Waals surface area contributed by atoms with Crippen molar-refractivity contribution < 1.29 is 23.1 Å². The molecule has 1 amide bonds. The highest BCUT2D eigenvalue weighted by atomic mass is 79.9. The molecule has 0 aliphatic rings. The molecule has 0 spiro atoms. The molecule has 0 atom stereocenters. The lowest BCUT2D eigenvalue weighted by atomic mass is 10.3. The fourth-order valence-corrected chi connectivity index (χ4v) is 6.06. The first-order chi connectivity index (χ1) is 10.8. The zero-order valence-corrected chi connectivity index (χ0v) is 15.3. The highest BCUT2D eigenvalue weighted by Gasteiger charge is 2.24. The molecule has 0 aliphatic heterocycles. The molecule has 124 valence electrons. The predicted octanol–water partition coefficient (Wildman–Crippen LogP) is 3.16. The Hall–Kier alpha value is -1.58. The van der Waals surface area contributed by atoms with Gasteiger partial charge in [-0.1, -0.05) is 6.07 Å². The summed E-state index contributed by atoms with van der Waals surface area (Å²) in [7, 11) is -2.20. The van der Waals surface area contributed by atoms with E-state index in [2.05, 4.69) is 21.2 Å². The second kappa shape index (κ2) is 7.33. The van der Waals surface area contributed by atoms with Gasteiger partial charge in [0, 0.05) is 15.9 Å². The van der Waals surface area contributed by atoms with Crippen molar-refractivity contribution in [3.8, 4) is 5.75 Å². The van der Waals surface area contributed by atoms with Crippen LogP contribution in [0.25, 0.3) is 0 Å². The molecule has 0 aliphatic carbocycles. The average Bonchev–Trinajstić information content (AvgIpc) is 2.88. The highest BCUT2D eigenvalue weighted by molar-refractivity contribution is 9.10. The molecule has 9 heteroatoms. The number of nitrogens with one attached hydrogen (secondary N) is 1. The lowest BCUT2D eigenvalue weighted by Gasteiger charge is -2.05. The van der Waals surface area contributed by atoms with Gasteiger partial charge in [-0.2, -0.15) is 0 Å². The molecule has 0 bridgehead atoms. The van der Waals surface area contributed by atoms with Gasteiger partial charge in [0.05, 0.1) is 12.0 Å². The molecule has 23 heavy (non-hydrogen) atoms. The summed E-state index contributed by atoms with van der Waals surface area (Å²) < 4.78 is 31.2. The minimum Gasteiger partial charge on any atom is -0.497 e. The third-order valence-electron chi connectivity index (χ3n) is 2.95. The van der Waals surface area contributed by atoms with E-state index in [0.717, 1.165) is 16.2 Å². The number of amides is 1. The van der Waals surface area contributed by atoms with Crippen molar-refractivity contribution >= 4 is 43.2 Å². The van der Waals surface area contributed by atoms with Crippen molar-refractivity contribution in [3.05, 3.63) is 39.7 Å². The first-order valence-corrected chi connectivity index (χ1v) is 9.58. The molecular weight excluding hydrogens is 406 g/mol. The van der Waals surface area contributed by atoms with Gasteiger partial charge in [-0.25, -0.2) is 13.2 Å². The van der Waals surface area contributed by atoms with E-state index >= 15 is 0 Å². The van der Waals surface area contributed by atoms with Gasteiger partial charge in [0.2, 0.25) is 9.84 Å². The van der Waals surface area contributed by atoms with Crippen molar-refractivity contribution in [2.75, 3.05) is 13.7 Å². The summed E-state index contributed by atoms with van der Waals surface area (Å²) >= 11 is 4.39. The maximum atomic E-state index is 12.7. The summed E-state index contributed by atoms with van der Waals surface area (Å²) in [6.07, 6.45) is -0.687. The maximum absolute atomic E-state index is 12.7. The smallest absolute Gasteiger partial charge is 0.404 e. The lowest BCUT2D eigenvalue weighted by molar-refractivity contribution is 0.194. The van der Waals surface area contributed by atoms with Crippen LogP contribution in [0.2, 0.25) is 0 Å². The van der Waals surface area contributed by atoms with Gasteiger partial charge < -0.3 is 15.2 Å². The number of carboxylic acid groups (broad SMARTS) is 1. The van der Waals surface area contributed by atoms with Gasteiger partial charge in [0.25, 0.3) is 0 Å². The molecule has 6 nitrogen and oxygen atoms in total. The van der Waals surface area contributed by atoms with E-state index in [9.17, 15) is 13.2 Å². The molecule has 0 radical (unpaired) electrons. The van der Waals surface area contributed by atoms with E-state index in [1.54, 1.807) is 18.2 Å². The Morgan fingerprint density at radius 3 is 2.78 bits per heavy atom. The molecule has 1 heterocycles. The van der Waals surface area contributed by atoms with Crippen molar-refractivity contribution in [1.82, 2.24) is 5.32 Å². The maximum Gasteiger partial charge on any atom is 0.404 e. The standard InChI is InChI=1S/C14H14BrNO5S2/c1-21-9-3-2-4-11(7-9)23(19,20)13-12(15)8-10(22-13)5-6-16-14(17)18/h2-4,7-8,16H,5-6H2,1H3,(H,17,18). The molecule has 1 aromatic heterocycles. The summed E-state index contributed by atoms with van der Waals surface area (Å²) in [6.45, 7) is 0.223. The summed E-state index contributed by atoms with van der Waals surface area (Å²) in [5, 5.41) is 10.8.